The molecule has 1 unspecified atom stereocenters. The number of hydrogen-bond acceptors (Lipinski definition) is 1. The van der Waals surface area contributed by atoms with E-state index in [0.29, 0.717) is 5.56 Å². The topological polar surface area (TPSA) is 20.2 Å². The van der Waals surface area contributed by atoms with Crippen LogP contribution in [-0.4, -0.2) is 11.5 Å². The van der Waals surface area contributed by atoms with Crippen LogP contribution in [0.4, 0.5) is 8.78 Å². The van der Waals surface area contributed by atoms with E-state index >= 15 is 0 Å². The Hall–Kier alpha value is -0.830. The SMILES string of the molecule is Cc1cc(Cl)c(C(C)C(F)F)cc1O. The van der Waals surface area contributed by atoms with E-state index in [9.17, 15) is 13.9 Å². The van der Waals surface area contributed by atoms with Gasteiger partial charge < -0.3 is 5.11 Å². The third kappa shape index (κ3) is 2.15. The second-order valence-corrected chi connectivity index (χ2v) is 3.69. The van der Waals surface area contributed by atoms with Crippen molar-refractivity contribution in [3.05, 3.63) is 28.3 Å². The number of aromatic hydroxyl groups is 1. The molecule has 1 aromatic carbocycles. The Kier molecular flexibility index (Phi) is 3.32. The Morgan fingerprint density at radius 1 is 1.36 bits per heavy atom. The van der Waals surface area contributed by atoms with Gasteiger partial charge in [0.15, 0.2) is 0 Å². The molecule has 1 rings (SSSR count). The zero-order valence-electron chi connectivity index (χ0n) is 7.89. The Morgan fingerprint density at radius 3 is 2.43 bits per heavy atom. The van der Waals surface area contributed by atoms with Crippen LogP contribution in [0.3, 0.4) is 0 Å². The normalized spacial score (nSPS) is 13.3. The van der Waals surface area contributed by atoms with Crippen molar-refractivity contribution in [1.82, 2.24) is 0 Å². The summed E-state index contributed by atoms with van der Waals surface area (Å²) in [6, 6.07) is 2.79. The lowest BCUT2D eigenvalue weighted by molar-refractivity contribution is 0.121. The third-order valence-corrected chi connectivity index (χ3v) is 2.51. The molecule has 0 radical (unpaired) electrons. The van der Waals surface area contributed by atoms with Gasteiger partial charge >= 0.3 is 0 Å². The molecule has 0 spiro atoms. The maximum Gasteiger partial charge on any atom is 0.245 e. The highest BCUT2D eigenvalue weighted by Gasteiger charge is 2.20. The van der Waals surface area contributed by atoms with E-state index in [1.807, 2.05) is 0 Å². The summed E-state index contributed by atoms with van der Waals surface area (Å²) in [4.78, 5) is 0. The molecule has 1 nitrogen and oxygen atoms in total. The second kappa shape index (κ2) is 4.13. The van der Waals surface area contributed by atoms with Crippen LogP contribution in [0.25, 0.3) is 0 Å². The third-order valence-electron chi connectivity index (χ3n) is 2.18. The minimum atomic E-state index is -2.48. The molecule has 0 aliphatic rings. The minimum Gasteiger partial charge on any atom is -0.508 e. The zero-order valence-corrected chi connectivity index (χ0v) is 8.65. The molecule has 0 fully saturated rings. The van der Waals surface area contributed by atoms with Gasteiger partial charge in [0.05, 0.1) is 0 Å². The van der Waals surface area contributed by atoms with Crippen LogP contribution in [0.15, 0.2) is 12.1 Å². The number of halogens is 3. The van der Waals surface area contributed by atoms with Gasteiger partial charge in [-0.05, 0) is 30.2 Å². The first-order valence-corrected chi connectivity index (χ1v) is 4.58. The van der Waals surface area contributed by atoms with Gasteiger partial charge in [0.25, 0.3) is 0 Å². The van der Waals surface area contributed by atoms with E-state index in [0.717, 1.165) is 0 Å². The van der Waals surface area contributed by atoms with E-state index in [-0.39, 0.29) is 16.3 Å². The minimum absolute atomic E-state index is 0.00287. The molecule has 4 heteroatoms. The quantitative estimate of drug-likeness (QED) is 0.805. The Labute approximate surface area is 86.3 Å². The van der Waals surface area contributed by atoms with Crippen molar-refractivity contribution < 1.29 is 13.9 Å². The molecule has 14 heavy (non-hydrogen) atoms. The highest BCUT2D eigenvalue weighted by molar-refractivity contribution is 6.31. The Morgan fingerprint density at radius 2 is 1.93 bits per heavy atom. The summed E-state index contributed by atoms with van der Waals surface area (Å²) < 4.78 is 24.8. The highest BCUT2D eigenvalue weighted by atomic mass is 35.5. The first-order chi connectivity index (χ1) is 6.43. The molecule has 0 aromatic heterocycles. The molecule has 0 aliphatic carbocycles. The maximum atomic E-state index is 12.4. The van der Waals surface area contributed by atoms with Gasteiger partial charge in [-0.2, -0.15) is 0 Å². The van der Waals surface area contributed by atoms with Crippen LogP contribution in [0.1, 0.15) is 24.0 Å². The molecule has 0 heterocycles. The maximum absolute atomic E-state index is 12.4. The molecule has 0 saturated carbocycles. The van der Waals surface area contributed by atoms with Crippen molar-refractivity contribution in [1.29, 1.82) is 0 Å². The van der Waals surface area contributed by atoms with Gasteiger partial charge in [0.2, 0.25) is 6.43 Å². The average Bonchev–Trinajstić information content (AvgIpc) is 2.10. The fourth-order valence-corrected chi connectivity index (χ4v) is 1.55. The van der Waals surface area contributed by atoms with Gasteiger partial charge in [-0.25, -0.2) is 8.78 Å². The molecular weight excluding hydrogens is 210 g/mol. The van der Waals surface area contributed by atoms with E-state index in [1.54, 1.807) is 6.92 Å². The van der Waals surface area contributed by atoms with E-state index in [4.69, 9.17) is 11.6 Å². The standard InChI is InChI=1S/C10H11ClF2O/c1-5-3-8(11)7(4-9(5)14)6(2)10(12)13/h3-4,6,10,14H,1-2H3. The lowest BCUT2D eigenvalue weighted by Crippen LogP contribution is -2.05. The summed E-state index contributed by atoms with van der Waals surface area (Å²) in [6.45, 7) is 3.04. The second-order valence-electron chi connectivity index (χ2n) is 3.28. The van der Waals surface area contributed by atoms with Crippen molar-refractivity contribution in [2.24, 2.45) is 0 Å². The highest BCUT2D eigenvalue weighted by Crippen LogP contribution is 2.33. The van der Waals surface area contributed by atoms with Crippen molar-refractivity contribution in [2.45, 2.75) is 26.2 Å². The summed E-state index contributed by atoms with van der Waals surface area (Å²) in [5.41, 5.74) is 0.866. The number of benzene rings is 1. The lowest BCUT2D eigenvalue weighted by Gasteiger charge is -2.13. The van der Waals surface area contributed by atoms with E-state index < -0.39 is 12.3 Å². The molecule has 1 atom stereocenters. The molecule has 78 valence electrons. The largest absolute Gasteiger partial charge is 0.508 e. The average molecular weight is 221 g/mol. The summed E-state index contributed by atoms with van der Waals surface area (Å²) >= 11 is 5.80. The molecule has 0 bridgehead atoms. The van der Waals surface area contributed by atoms with E-state index in [1.165, 1.54) is 19.1 Å². The fourth-order valence-electron chi connectivity index (χ4n) is 1.16. The predicted molar refractivity (Wildman–Crippen MR) is 52.3 cm³/mol. The first kappa shape index (κ1) is 11.2. The summed E-state index contributed by atoms with van der Waals surface area (Å²) in [6.07, 6.45) is -2.48. The van der Waals surface area contributed by atoms with Crippen LogP contribution in [0.2, 0.25) is 5.02 Å². The van der Waals surface area contributed by atoms with Crippen molar-refractivity contribution in [3.63, 3.8) is 0 Å². The molecule has 0 aliphatic heterocycles. The molecule has 0 saturated heterocycles. The Balaban J connectivity index is 3.15. The predicted octanol–water partition coefficient (Wildman–Crippen LogP) is 3.72. The summed E-state index contributed by atoms with van der Waals surface area (Å²) in [7, 11) is 0. The van der Waals surface area contributed by atoms with Crippen molar-refractivity contribution in [2.75, 3.05) is 0 Å². The fraction of sp³-hybridized carbons (Fsp3) is 0.400. The van der Waals surface area contributed by atoms with Crippen LogP contribution in [0, 0.1) is 6.92 Å². The van der Waals surface area contributed by atoms with Gasteiger partial charge in [0, 0.05) is 10.9 Å². The van der Waals surface area contributed by atoms with Crippen molar-refractivity contribution in [3.8, 4) is 5.75 Å². The number of phenolic OH excluding ortho intramolecular Hbond substituents is 1. The summed E-state index contributed by atoms with van der Waals surface area (Å²) in [5, 5.41) is 9.62. The number of aryl methyl sites for hydroxylation is 1. The monoisotopic (exact) mass is 220 g/mol. The molecular formula is C10H11ClF2O. The zero-order chi connectivity index (χ0) is 10.9. The number of phenols is 1. The van der Waals surface area contributed by atoms with Crippen LogP contribution in [0.5, 0.6) is 5.75 Å². The van der Waals surface area contributed by atoms with Gasteiger partial charge in [-0.3, -0.25) is 0 Å². The van der Waals surface area contributed by atoms with Crippen LogP contribution >= 0.6 is 11.6 Å². The van der Waals surface area contributed by atoms with E-state index in [2.05, 4.69) is 0 Å². The van der Waals surface area contributed by atoms with Gasteiger partial charge in [-0.1, -0.05) is 18.5 Å². The molecule has 0 amide bonds. The lowest BCUT2D eigenvalue weighted by atomic mass is 10.00. The smallest absolute Gasteiger partial charge is 0.245 e. The summed E-state index contributed by atoms with van der Waals surface area (Å²) in [5.74, 6) is -0.967. The molecule has 1 aromatic rings. The first-order valence-electron chi connectivity index (χ1n) is 4.20. The number of alkyl halides is 2. The Bertz CT molecular complexity index is 339. The number of hydrogen-bond donors (Lipinski definition) is 1. The van der Waals surface area contributed by atoms with Gasteiger partial charge in [-0.15, -0.1) is 0 Å². The van der Waals surface area contributed by atoms with Crippen LogP contribution in [-0.2, 0) is 0 Å². The van der Waals surface area contributed by atoms with Gasteiger partial charge in [0.1, 0.15) is 5.75 Å². The molecule has 1 N–H and O–H groups in total. The number of rotatable bonds is 2. The van der Waals surface area contributed by atoms with Crippen molar-refractivity contribution >= 4 is 11.6 Å². The van der Waals surface area contributed by atoms with Crippen LogP contribution < -0.4 is 0 Å².